The van der Waals surface area contributed by atoms with E-state index in [0.29, 0.717) is 22.6 Å². The van der Waals surface area contributed by atoms with Crippen LogP contribution in [-0.4, -0.2) is 19.7 Å². The fraction of sp³-hybridized carbons (Fsp3) is 0.500. The predicted molar refractivity (Wildman–Crippen MR) is 67.6 cm³/mol. The second-order valence-electron chi connectivity index (χ2n) is 4.10. The molecule has 0 saturated carbocycles. The van der Waals surface area contributed by atoms with E-state index in [9.17, 15) is 0 Å². The normalized spacial score (nSPS) is 20.8. The lowest BCUT2D eigenvalue weighted by Gasteiger charge is -2.23. The van der Waals surface area contributed by atoms with Crippen molar-refractivity contribution in [3.63, 3.8) is 0 Å². The second-order valence-corrected chi connectivity index (χ2v) is 4.94. The number of piperidine rings is 1. The lowest BCUT2D eigenvalue weighted by molar-refractivity contribution is 0.218. The number of hydrogen-bond donors (Lipinski definition) is 1. The smallest absolute Gasteiger partial charge is 0.137 e. The summed E-state index contributed by atoms with van der Waals surface area (Å²) in [6.45, 7) is 2.87. The maximum atomic E-state index is 6.02. The van der Waals surface area contributed by atoms with Gasteiger partial charge in [-0.2, -0.15) is 0 Å². The van der Waals surface area contributed by atoms with Crippen LogP contribution in [0.15, 0.2) is 18.2 Å². The molecular weight excluding hydrogens is 245 g/mol. The number of halogens is 2. The summed E-state index contributed by atoms with van der Waals surface area (Å²) >= 11 is 11.8. The first kappa shape index (κ1) is 12.0. The first-order chi connectivity index (χ1) is 7.75. The van der Waals surface area contributed by atoms with Crippen molar-refractivity contribution in [3.05, 3.63) is 28.2 Å². The molecule has 2 nitrogen and oxygen atoms in total. The summed E-state index contributed by atoms with van der Waals surface area (Å²) in [4.78, 5) is 0. The highest BCUT2D eigenvalue weighted by Gasteiger charge is 2.14. The van der Waals surface area contributed by atoms with Crippen LogP contribution in [0.4, 0.5) is 0 Å². The molecule has 1 aromatic carbocycles. The van der Waals surface area contributed by atoms with Crippen molar-refractivity contribution in [1.29, 1.82) is 0 Å². The molecule has 0 aromatic heterocycles. The minimum Gasteiger partial charge on any atom is -0.492 e. The molecule has 0 spiro atoms. The monoisotopic (exact) mass is 259 g/mol. The number of rotatable bonds is 3. The fourth-order valence-electron chi connectivity index (χ4n) is 1.87. The van der Waals surface area contributed by atoms with Crippen molar-refractivity contribution in [1.82, 2.24) is 5.32 Å². The quantitative estimate of drug-likeness (QED) is 0.899. The van der Waals surface area contributed by atoms with Crippen LogP contribution in [0, 0.1) is 5.92 Å². The number of benzene rings is 1. The average Bonchev–Trinajstić information content (AvgIpc) is 2.29. The Kier molecular flexibility index (Phi) is 4.33. The Bertz CT molecular complexity index is 351. The minimum atomic E-state index is 0.580. The first-order valence-electron chi connectivity index (χ1n) is 5.54. The van der Waals surface area contributed by atoms with E-state index in [-0.39, 0.29) is 0 Å². The molecule has 1 atom stereocenters. The van der Waals surface area contributed by atoms with Gasteiger partial charge in [-0.25, -0.2) is 0 Å². The van der Waals surface area contributed by atoms with Gasteiger partial charge in [-0.15, -0.1) is 0 Å². The van der Waals surface area contributed by atoms with Gasteiger partial charge in [0.15, 0.2) is 0 Å². The summed E-state index contributed by atoms with van der Waals surface area (Å²) in [6.07, 6.45) is 2.45. The fourth-order valence-corrected chi connectivity index (χ4v) is 2.33. The summed E-state index contributed by atoms with van der Waals surface area (Å²) in [6, 6.07) is 5.32. The Morgan fingerprint density at radius 3 is 2.94 bits per heavy atom. The molecule has 1 unspecified atom stereocenters. The molecule has 88 valence electrons. The summed E-state index contributed by atoms with van der Waals surface area (Å²) < 4.78 is 5.70. The Hall–Kier alpha value is -0.440. The highest BCUT2D eigenvalue weighted by molar-refractivity contribution is 6.35. The summed E-state index contributed by atoms with van der Waals surface area (Å²) in [5.41, 5.74) is 0. The number of ether oxygens (including phenoxy) is 1. The van der Waals surface area contributed by atoms with Crippen LogP contribution in [-0.2, 0) is 0 Å². The molecule has 1 aliphatic heterocycles. The lowest BCUT2D eigenvalue weighted by Crippen LogP contribution is -2.33. The van der Waals surface area contributed by atoms with E-state index in [2.05, 4.69) is 5.32 Å². The molecule has 1 N–H and O–H groups in total. The summed E-state index contributed by atoms with van der Waals surface area (Å²) in [7, 11) is 0. The largest absolute Gasteiger partial charge is 0.492 e. The van der Waals surface area contributed by atoms with Gasteiger partial charge in [-0.1, -0.05) is 23.2 Å². The third-order valence-corrected chi connectivity index (χ3v) is 3.30. The molecule has 0 radical (unpaired) electrons. The van der Waals surface area contributed by atoms with Gasteiger partial charge in [0.1, 0.15) is 5.75 Å². The number of hydrogen-bond acceptors (Lipinski definition) is 2. The van der Waals surface area contributed by atoms with E-state index in [1.165, 1.54) is 12.8 Å². The van der Waals surface area contributed by atoms with Crippen LogP contribution in [0.5, 0.6) is 5.75 Å². The van der Waals surface area contributed by atoms with E-state index < -0.39 is 0 Å². The predicted octanol–water partition coefficient (Wildman–Crippen LogP) is 3.37. The maximum Gasteiger partial charge on any atom is 0.137 e. The van der Waals surface area contributed by atoms with Crippen LogP contribution in [0.3, 0.4) is 0 Å². The van der Waals surface area contributed by atoms with Crippen LogP contribution < -0.4 is 10.1 Å². The highest BCUT2D eigenvalue weighted by atomic mass is 35.5. The third kappa shape index (κ3) is 3.27. The Labute approximate surface area is 106 Å². The lowest BCUT2D eigenvalue weighted by atomic mass is 10.0. The van der Waals surface area contributed by atoms with Crippen molar-refractivity contribution >= 4 is 23.2 Å². The molecule has 0 amide bonds. The van der Waals surface area contributed by atoms with Gasteiger partial charge in [0.2, 0.25) is 0 Å². The van der Waals surface area contributed by atoms with Crippen molar-refractivity contribution in [2.45, 2.75) is 12.8 Å². The Morgan fingerprint density at radius 1 is 1.38 bits per heavy atom. The molecule has 0 bridgehead atoms. The minimum absolute atomic E-state index is 0.580. The summed E-state index contributed by atoms with van der Waals surface area (Å²) in [5.74, 6) is 1.30. The van der Waals surface area contributed by atoms with E-state index >= 15 is 0 Å². The zero-order chi connectivity index (χ0) is 11.4. The SMILES string of the molecule is Clc1ccc(OCC2CCCNC2)c(Cl)c1. The van der Waals surface area contributed by atoms with Gasteiger partial charge in [0.25, 0.3) is 0 Å². The molecule has 1 aromatic rings. The van der Waals surface area contributed by atoms with Crippen LogP contribution in [0.1, 0.15) is 12.8 Å². The Balaban J connectivity index is 1.88. The second kappa shape index (κ2) is 5.76. The molecule has 1 heterocycles. The highest BCUT2D eigenvalue weighted by Crippen LogP contribution is 2.28. The van der Waals surface area contributed by atoms with E-state index in [1.807, 2.05) is 6.07 Å². The maximum absolute atomic E-state index is 6.02. The Morgan fingerprint density at radius 2 is 2.25 bits per heavy atom. The molecule has 4 heteroatoms. The van der Waals surface area contributed by atoms with Crippen LogP contribution >= 0.6 is 23.2 Å². The van der Waals surface area contributed by atoms with Gasteiger partial charge in [0.05, 0.1) is 11.6 Å². The van der Waals surface area contributed by atoms with Crippen LogP contribution in [0.2, 0.25) is 10.0 Å². The standard InChI is InChI=1S/C12H15Cl2NO/c13-10-3-4-12(11(14)6-10)16-8-9-2-1-5-15-7-9/h3-4,6,9,15H,1-2,5,7-8H2. The van der Waals surface area contributed by atoms with Gasteiger partial charge in [0, 0.05) is 17.5 Å². The molecule has 1 aliphatic rings. The molecule has 1 fully saturated rings. The van der Waals surface area contributed by atoms with E-state index in [1.54, 1.807) is 12.1 Å². The summed E-state index contributed by atoms with van der Waals surface area (Å²) in [5, 5.41) is 4.58. The van der Waals surface area contributed by atoms with Gasteiger partial charge >= 0.3 is 0 Å². The first-order valence-corrected chi connectivity index (χ1v) is 6.30. The third-order valence-electron chi connectivity index (χ3n) is 2.77. The molecular formula is C12H15Cl2NO. The molecule has 0 aliphatic carbocycles. The van der Waals surface area contributed by atoms with Crippen molar-refractivity contribution in [3.8, 4) is 5.75 Å². The number of nitrogens with one attached hydrogen (secondary N) is 1. The van der Waals surface area contributed by atoms with Crippen molar-refractivity contribution in [2.75, 3.05) is 19.7 Å². The van der Waals surface area contributed by atoms with Crippen molar-refractivity contribution in [2.24, 2.45) is 5.92 Å². The van der Waals surface area contributed by atoms with Gasteiger partial charge in [-0.05, 0) is 37.6 Å². The molecule has 2 rings (SSSR count). The van der Waals surface area contributed by atoms with Crippen LogP contribution in [0.25, 0.3) is 0 Å². The zero-order valence-corrected chi connectivity index (χ0v) is 10.5. The van der Waals surface area contributed by atoms with E-state index in [4.69, 9.17) is 27.9 Å². The van der Waals surface area contributed by atoms with Crippen molar-refractivity contribution < 1.29 is 4.74 Å². The molecule has 1 saturated heterocycles. The van der Waals surface area contributed by atoms with Gasteiger partial charge in [-0.3, -0.25) is 0 Å². The van der Waals surface area contributed by atoms with Gasteiger partial charge < -0.3 is 10.1 Å². The molecule has 16 heavy (non-hydrogen) atoms. The average molecular weight is 260 g/mol. The zero-order valence-electron chi connectivity index (χ0n) is 9.01. The van der Waals surface area contributed by atoms with E-state index in [0.717, 1.165) is 18.8 Å². The topological polar surface area (TPSA) is 21.3 Å².